The Bertz CT molecular complexity index is 2740. The standard InChI is InChI=1S/2C20H25NO.C11H16O2.C9H13N.C4H9O.C2H3N.C2H6O.CH3.2Li/c2*1-13-9-14(2)19(15(3)10-13)21-12-16-11-17(20(4,5)6)7-8-18(16)22;1-11(2,3)8-5-6-9(12)10(7-8)13-4;1-6-4-7(2)9(10)8(3)5-6;1-4(2,3)5;2*1-2-3;;;/h2*7-12,22H,1-6H3;5-7,12H,1-4H3;4-5H,10H2,1-3H3;1-3H3;1H3;3H,2H2,1H3;1H3;;/q;;;;-1;;;-1;2*+1. The Morgan fingerprint density at radius 3 is 1.28 bits per heavy atom. The molecule has 0 fully saturated rings. The van der Waals surface area contributed by atoms with E-state index in [2.05, 4.69) is 157 Å². The number of aryl methyl sites for hydroxylation is 9. The summed E-state index contributed by atoms with van der Waals surface area (Å²) in [5.74, 6) is 1.03. The molecule has 0 radical (unpaired) electrons. The molecule has 6 aromatic carbocycles. The van der Waals surface area contributed by atoms with Gasteiger partial charge in [0, 0.05) is 47.7 Å². The molecule has 0 spiro atoms. The molecule has 0 atom stereocenters. The number of nitrogens with one attached hydrogen (secondary N) is 1. The first-order valence-corrected chi connectivity index (χ1v) is 26.5. The van der Waals surface area contributed by atoms with Crippen molar-refractivity contribution in [3.8, 4) is 29.1 Å². The fourth-order valence-corrected chi connectivity index (χ4v) is 7.66. The number of ether oxygens (including phenoxy) is 1. The van der Waals surface area contributed by atoms with Crippen LogP contribution < -0.4 is 63.4 Å². The fourth-order valence-electron chi connectivity index (χ4n) is 7.66. The Labute approximate surface area is 515 Å². The first-order valence-electron chi connectivity index (χ1n) is 26.5. The van der Waals surface area contributed by atoms with E-state index in [4.69, 9.17) is 20.8 Å². The zero-order valence-corrected chi connectivity index (χ0v) is 55.1. The van der Waals surface area contributed by atoms with Crippen molar-refractivity contribution in [2.24, 2.45) is 4.99 Å². The number of hydrogen-bond acceptors (Lipinski definition) is 9. The number of nitrogen functional groups attached to an aromatic ring is 1. The van der Waals surface area contributed by atoms with Crippen molar-refractivity contribution >= 4 is 29.5 Å². The molecular weight excluding hydrogens is 995 g/mol. The predicted octanol–water partition coefficient (Wildman–Crippen LogP) is 8.20. The average molecular weight is 1100 g/mol. The quantitative estimate of drug-likeness (QED) is 0.0494. The molecule has 6 N–H and O–H groups in total. The molecule has 0 heterocycles. The first kappa shape index (κ1) is 81.7. The maximum atomic E-state index is 12.1. The number of aliphatic imine (C=N–C) groups is 1. The van der Waals surface area contributed by atoms with Crippen LogP contribution in [0.2, 0.25) is 0 Å². The number of hydrogen-bond donors (Lipinski definition) is 5. The van der Waals surface area contributed by atoms with E-state index in [1.54, 1.807) is 65.3 Å². The summed E-state index contributed by atoms with van der Waals surface area (Å²) in [6.07, 6.45) is 3.58. The summed E-state index contributed by atoms with van der Waals surface area (Å²) in [6, 6.07) is 31.2. The van der Waals surface area contributed by atoms with Crippen LogP contribution in [0, 0.1) is 81.1 Å². The van der Waals surface area contributed by atoms with Gasteiger partial charge in [-0.2, -0.15) is 5.26 Å². The molecule has 12 heteroatoms. The molecule has 0 bridgehead atoms. The molecule has 10 nitrogen and oxygen atoms in total. The van der Waals surface area contributed by atoms with Gasteiger partial charge in [-0.15, -0.1) is 5.60 Å². The van der Waals surface area contributed by atoms with Crippen LogP contribution in [0.15, 0.2) is 96.0 Å². The van der Waals surface area contributed by atoms with Crippen LogP contribution in [-0.2, 0) is 16.2 Å². The first-order chi connectivity index (χ1) is 35.7. The van der Waals surface area contributed by atoms with Crippen LogP contribution in [0.4, 0.5) is 17.1 Å². The smallest absolute Gasteiger partial charge is 0.872 e. The van der Waals surface area contributed by atoms with Crippen molar-refractivity contribution in [2.45, 2.75) is 181 Å². The maximum absolute atomic E-state index is 12.1. The van der Waals surface area contributed by atoms with Crippen LogP contribution >= 0.6 is 0 Å². The van der Waals surface area contributed by atoms with Gasteiger partial charge in [-0.1, -0.05) is 154 Å². The zero-order valence-electron chi connectivity index (χ0n) is 55.1. The fraction of sp³-hybridized carbons (Fsp3) is 0.420. The number of aliphatic hydroxyl groups is 1. The zero-order chi connectivity index (χ0) is 60.7. The van der Waals surface area contributed by atoms with Gasteiger partial charge in [-0.25, -0.2) is 4.99 Å². The van der Waals surface area contributed by atoms with E-state index < -0.39 is 5.60 Å². The molecule has 6 rings (SSSR count). The van der Waals surface area contributed by atoms with Crippen molar-refractivity contribution in [2.75, 3.05) is 19.5 Å². The summed E-state index contributed by atoms with van der Waals surface area (Å²) in [5, 5.41) is 56.5. The molecule has 0 saturated carbocycles. The Hall–Kier alpha value is -5.74. The van der Waals surface area contributed by atoms with Gasteiger partial charge in [0.15, 0.2) is 17.7 Å². The number of nitrogens with two attached hydrogens (primary N) is 1. The minimum Gasteiger partial charge on any atom is -0.872 e. The SMILES string of the molecule is CC#N.CC(C)(C)[O-].CCO.COc1cc(C(C)(C)C)ccc1O.Cc1cc(C)c(N)c(C)c1.Cc1cc(C)c(N=Cc2cc(C(C)(C)C)ccc2O)c(C)c1.Cc1cc(C)c([NH+]=Cc2cc(C(C)(C)C)ccc2[O-])c(C)c1.[CH3-].[Li+].[Li+]. The van der Waals surface area contributed by atoms with Gasteiger partial charge in [0.25, 0.3) is 0 Å². The summed E-state index contributed by atoms with van der Waals surface area (Å²) in [5.41, 5.74) is 23.9. The summed E-state index contributed by atoms with van der Waals surface area (Å²) < 4.78 is 5.03. The normalized spacial score (nSPS) is 10.7. The molecule has 6 aromatic rings. The third-order valence-electron chi connectivity index (χ3n) is 11.6. The molecule has 0 aliphatic heterocycles. The molecule has 434 valence electrons. The molecule has 0 aromatic heterocycles. The number of nitriles is 1. The van der Waals surface area contributed by atoms with E-state index in [9.17, 15) is 20.4 Å². The number of aromatic hydroxyl groups is 2. The summed E-state index contributed by atoms with van der Waals surface area (Å²) in [6.45, 7) is 46.2. The van der Waals surface area contributed by atoms with Gasteiger partial charge in [0.05, 0.1) is 18.9 Å². The monoisotopic (exact) mass is 1090 g/mol. The average Bonchev–Trinajstić information content (AvgIpc) is 3.28. The van der Waals surface area contributed by atoms with E-state index in [1.807, 2.05) is 56.5 Å². The third kappa shape index (κ3) is 31.3. The van der Waals surface area contributed by atoms with Crippen LogP contribution in [0.25, 0.3) is 0 Å². The molecule has 0 saturated heterocycles. The van der Waals surface area contributed by atoms with E-state index in [0.29, 0.717) is 11.3 Å². The second-order valence-corrected chi connectivity index (χ2v) is 23.7. The van der Waals surface area contributed by atoms with E-state index in [0.717, 1.165) is 44.9 Å². The topological polar surface area (TPSA) is 192 Å². The van der Waals surface area contributed by atoms with Crippen LogP contribution in [-0.4, -0.2) is 47.1 Å². The molecule has 0 aliphatic rings. The van der Waals surface area contributed by atoms with Gasteiger partial charge >= 0.3 is 37.7 Å². The van der Waals surface area contributed by atoms with Crippen molar-refractivity contribution in [1.29, 1.82) is 5.26 Å². The minimum atomic E-state index is -0.750. The van der Waals surface area contributed by atoms with E-state index in [1.165, 1.54) is 51.4 Å². The Morgan fingerprint density at radius 2 is 0.914 bits per heavy atom. The number of nitrogens with zero attached hydrogens (tertiary/aromatic N) is 2. The number of methoxy groups -OCH3 is 1. The van der Waals surface area contributed by atoms with Crippen molar-refractivity contribution in [3.63, 3.8) is 0 Å². The van der Waals surface area contributed by atoms with Crippen LogP contribution in [0.3, 0.4) is 0 Å². The Balaban J connectivity index is -0.000000468. The van der Waals surface area contributed by atoms with Crippen molar-refractivity contribution in [1.82, 2.24) is 0 Å². The van der Waals surface area contributed by atoms with Crippen molar-refractivity contribution < 1.29 is 73.0 Å². The van der Waals surface area contributed by atoms with E-state index >= 15 is 0 Å². The minimum absolute atomic E-state index is 0. The van der Waals surface area contributed by atoms with Gasteiger partial charge < -0.3 is 43.4 Å². The number of anilines is 1. The molecule has 81 heavy (non-hydrogen) atoms. The molecule has 0 unspecified atom stereocenters. The summed E-state index contributed by atoms with van der Waals surface area (Å²) in [7, 11) is 1.56. The van der Waals surface area contributed by atoms with Gasteiger partial charge in [0.1, 0.15) is 5.75 Å². The van der Waals surface area contributed by atoms with Gasteiger partial charge in [-0.05, 0) is 167 Å². The van der Waals surface area contributed by atoms with Crippen LogP contribution in [0.5, 0.6) is 23.0 Å². The Kier molecular flexibility index (Phi) is 37.7. The van der Waals surface area contributed by atoms with Crippen molar-refractivity contribution in [3.05, 3.63) is 176 Å². The van der Waals surface area contributed by atoms with Crippen LogP contribution in [0.1, 0.15) is 175 Å². The number of aliphatic hydroxyl groups excluding tert-OH is 1. The number of rotatable bonds is 5. The largest absolute Gasteiger partial charge is 1.00 e. The maximum Gasteiger partial charge on any atom is 1.00 e. The van der Waals surface area contributed by atoms with Gasteiger partial charge in [0.2, 0.25) is 5.69 Å². The molecular formula is C69H100Li2N4O6. The third-order valence-corrected chi connectivity index (χ3v) is 11.6. The van der Waals surface area contributed by atoms with E-state index in [-0.39, 0.29) is 85.2 Å². The predicted molar refractivity (Wildman–Crippen MR) is 334 cm³/mol. The summed E-state index contributed by atoms with van der Waals surface area (Å²) in [4.78, 5) is 7.93. The molecule has 0 aliphatic carbocycles. The van der Waals surface area contributed by atoms with Gasteiger partial charge in [-0.3, -0.25) is 4.99 Å². The number of benzene rings is 6. The molecule has 0 amide bonds. The number of phenolic OH excluding ortho intramolecular Hbond substituents is 2. The Morgan fingerprint density at radius 1 is 0.593 bits per heavy atom. The second-order valence-electron chi connectivity index (χ2n) is 23.7. The summed E-state index contributed by atoms with van der Waals surface area (Å²) >= 11 is 0. The number of phenols is 2. The second kappa shape index (κ2) is 37.4.